The highest BCUT2D eigenvalue weighted by atomic mass is 79.9. The van der Waals surface area contributed by atoms with E-state index in [-0.39, 0.29) is 23.7 Å². The molecule has 1 heterocycles. The van der Waals surface area contributed by atoms with E-state index in [1.54, 1.807) is 24.3 Å². The maximum absolute atomic E-state index is 13.6. The average molecular weight is 426 g/mol. The van der Waals surface area contributed by atoms with Gasteiger partial charge in [0.25, 0.3) is 0 Å². The second-order valence-electron chi connectivity index (χ2n) is 5.98. The molecule has 0 atom stereocenters. The van der Waals surface area contributed by atoms with Crippen molar-refractivity contribution in [1.82, 2.24) is 0 Å². The summed E-state index contributed by atoms with van der Waals surface area (Å²) in [4.78, 5) is 19.5. The van der Waals surface area contributed by atoms with Crippen LogP contribution in [0.4, 0.5) is 35.9 Å². The lowest BCUT2D eigenvalue weighted by atomic mass is 10.1. The van der Waals surface area contributed by atoms with Crippen molar-refractivity contribution in [2.45, 2.75) is 12.6 Å². The molecule has 0 fully saturated rings. The first-order valence-electron chi connectivity index (χ1n) is 7.72. The molecule has 26 heavy (non-hydrogen) atoms. The lowest BCUT2D eigenvalue weighted by Gasteiger charge is -2.26. The number of carbonyl (C=O) groups is 1. The molecule has 0 aromatic heterocycles. The van der Waals surface area contributed by atoms with Crippen molar-refractivity contribution in [3.8, 4) is 0 Å². The SMILES string of the molecule is CN(C)c1cc2c(cc1C(F)(F)F)N(c1cccc(Br)c1)C(=O)CC=N2. The van der Waals surface area contributed by atoms with E-state index in [0.717, 1.165) is 10.5 Å². The summed E-state index contributed by atoms with van der Waals surface area (Å²) in [5.74, 6) is -0.351. The van der Waals surface area contributed by atoms with Crippen LogP contribution in [0.5, 0.6) is 0 Å². The topological polar surface area (TPSA) is 35.9 Å². The van der Waals surface area contributed by atoms with E-state index in [1.165, 1.54) is 36.2 Å². The van der Waals surface area contributed by atoms with Gasteiger partial charge >= 0.3 is 6.18 Å². The van der Waals surface area contributed by atoms with Crippen LogP contribution in [-0.4, -0.2) is 26.2 Å². The molecular formula is C18H15BrF3N3O. The number of carbonyl (C=O) groups excluding carboxylic acids is 1. The molecular weight excluding hydrogens is 411 g/mol. The van der Waals surface area contributed by atoms with Gasteiger partial charge in [0.05, 0.1) is 34.7 Å². The van der Waals surface area contributed by atoms with Crippen molar-refractivity contribution >= 4 is 50.8 Å². The van der Waals surface area contributed by atoms with Crippen molar-refractivity contribution in [3.63, 3.8) is 0 Å². The third-order valence-electron chi connectivity index (χ3n) is 3.93. The van der Waals surface area contributed by atoms with Crippen LogP contribution in [0.15, 0.2) is 45.9 Å². The number of aliphatic imine (C=N–C) groups is 1. The van der Waals surface area contributed by atoms with E-state index in [2.05, 4.69) is 20.9 Å². The van der Waals surface area contributed by atoms with Gasteiger partial charge in [-0.1, -0.05) is 22.0 Å². The first-order chi connectivity index (χ1) is 12.2. The van der Waals surface area contributed by atoms with Crippen LogP contribution in [0.3, 0.4) is 0 Å². The van der Waals surface area contributed by atoms with E-state index in [9.17, 15) is 18.0 Å². The molecule has 0 aliphatic carbocycles. The molecule has 2 aromatic rings. The van der Waals surface area contributed by atoms with Crippen LogP contribution < -0.4 is 9.80 Å². The summed E-state index contributed by atoms with van der Waals surface area (Å²) < 4.78 is 41.5. The summed E-state index contributed by atoms with van der Waals surface area (Å²) >= 11 is 3.33. The smallest absolute Gasteiger partial charge is 0.377 e. The summed E-state index contributed by atoms with van der Waals surface area (Å²) in [6, 6.07) is 9.20. The molecule has 0 saturated carbocycles. The Morgan fingerprint density at radius 1 is 1.19 bits per heavy atom. The predicted molar refractivity (Wildman–Crippen MR) is 99.8 cm³/mol. The van der Waals surface area contributed by atoms with Crippen molar-refractivity contribution in [3.05, 3.63) is 46.4 Å². The van der Waals surface area contributed by atoms with Gasteiger partial charge in [-0.3, -0.25) is 14.7 Å². The highest BCUT2D eigenvalue weighted by molar-refractivity contribution is 9.10. The number of benzene rings is 2. The molecule has 4 nitrogen and oxygen atoms in total. The second-order valence-corrected chi connectivity index (χ2v) is 6.89. The Morgan fingerprint density at radius 2 is 1.92 bits per heavy atom. The molecule has 8 heteroatoms. The standard InChI is InChI=1S/C18H15BrF3N3O/c1-24(2)15-10-14-16(9-13(15)18(20,21)22)25(17(26)6-7-23-14)12-5-3-4-11(19)8-12/h3-5,7-10H,6H2,1-2H3. The molecule has 0 unspecified atom stereocenters. The highest BCUT2D eigenvalue weighted by Gasteiger charge is 2.37. The quantitative estimate of drug-likeness (QED) is 0.653. The Hall–Kier alpha value is -2.35. The van der Waals surface area contributed by atoms with Gasteiger partial charge in [-0.2, -0.15) is 13.2 Å². The number of nitrogens with zero attached hydrogens (tertiary/aromatic N) is 3. The van der Waals surface area contributed by atoms with Crippen LogP contribution in [0, 0.1) is 0 Å². The maximum Gasteiger partial charge on any atom is 0.418 e. The van der Waals surface area contributed by atoms with Gasteiger partial charge in [0.1, 0.15) is 0 Å². The third-order valence-corrected chi connectivity index (χ3v) is 4.43. The number of fused-ring (bicyclic) bond motifs is 1. The molecule has 136 valence electrons. The normalized spacial score (nSPS) is 14.2. The van der Waals surface area contributed by atoms with Crippen LogP contribution in [0.1, 0.15) is 12.0 Å². The van der Waals surface area contributed by atoms with Gasteiger partial charge in [-0.05, 0) is 30.3 Å². The molecule has 0 radical (unpaired) electrons. The molecule has 1 aliphatic rings. The first kappa shape index (κ1) is 18.4. The zero-order chi connectivity index (χ0) is 19.1. The fourth-order valence-corrected chi connectivity index (χ4v) is 3.18. The van der Waals surface area contributed by atoms with Crippen LogP contribution >= 0.6 is 15.9 Å². The van der Waals surface area contributed by atoms with Crippen molar-refractivity contribution in [1.29, 1.82) is 0 Å². The van der Waals surface area contributed by atoms with Gasteiger partial charge in [-0.15, -0.1) is 0 Å². The van der Waals surface area contributed by atoms with Crippen LogP contribution in [-0.2, 0) is 11.0 Å². The minimum atomic E-state index is -4.56. The number of hydrogen-bond donors (Lipinski definition) is 0. The van der Waals surface area contributed by atoms with E-state index < -0.39 is 11.7 Å². The van der Waals surface area contributed by atoms with Gasteiger partial charge in [-0.25, -0.2) is 0 Å². The minimum Gasteiger partial charge on any atom is -0.377 e. The summed E-state index contributed by atoms with van der Waals surface area (Å²) in [6.45, 7) is 0. The summed E-state index contributed by atoms with van der Waals surface area (Å²) in [5.41, 5.74) is 0.0808. The molecule has 1 amide bonds. The molecule has 0 saturated heterocycles. The lowest BCUT2D eigenvalue weighted by molar-refractivity contribution is -0.137. The summed E-state index contributed by atoms with van der Waals surface area (Å²) in [5, 5.41) is 0. The second kappa shape index (κ2) is 6.75. The number of amides is 1. The number of hydrogen-bond acceptors (Lipinski definition) is 3. The highest BCUT2D eigenvalue weighted by Crippen LogP contribution is 2.45. The number of anilines is 3. The first-order valence-corrected chi connectivity index (χ1v) is 8.51. The molecule has 2 aromatic carbocycles. The Balaban J connectivity index is 2.28. The monoisotopic (exact) mass is 425 g/mol. The number of alkyl halides is 3. The Kier molecular flexibility index (Phi) is 4.79. The summed E-state index contributed by atoms with van der Waals surface area (Å²) in [6.07, 6.45) is -3.14. The molecule has 0 spiro atoms. The Bertz CT molecular complexity index is 894. The summed E-state index contributed by atoms with van der Waals surface area (Å²) in [7, 11) is 3.07. The Labute approximate surface area is 157 Å². The average Bonchev–Trinajstić information content (AvgIpc) is 2.70. The number of halogens is 4. The van der Waals surface area contributed by atoms with Crippen molar-refractivity contribution in [2.24, 2.45) is 4.99 Å². The Morgan fingerprint density at radius 3 is 2.54 bits per heavy atom. The minimum absolute atomic E-state index is 0.000157. The van der Waals surface area contributed by atoms with Crippen LogP contribution in [0.2, 0.25) is 0 Å². The molecule has 1 aliphatic heterocycles. The van der Waals surface area contributed by atoms with Gasteiger partial charge in [0.15, 0.2) is 0 Å². The van der Waals surface area contributed by atoms with Gasteiger partial charge < -0.3 is 4.90 Å². The molecule has 0 bridgehead atoms. The van der Waals surface area contributed by atoms with E-state index >= 15 is 0 Å². The van der Waals surface area contributed by atoms with E-state index in [0.29, 0.717) is 11.4 Å². The maximum atomic E-state index is 13.6. The van der Waals surface area contributed by atoms with Crippen molar-refractivity contribution in [2.75, 3.05) is 23.9 Å². The third kappa shape index (κ3) is 3.46. The van der Waals surface area contributed by atoms with Gasteiger partial charge in [0.2, 0.25) is 5.91 Å². The van der Waals surface area contributed by atoms with Crippen LogP contribution in [0.25, 0.3) is 0 Å². The van der Waals surface area contributed by atoms with Crippen molar-refractivity contribution < 1.29 is 18.0 Å². The zero-order valence-corrected chi connectivity index (χ0v) is 15.6. The fourth-order valence-electron chi connectivity index (χ4n) is 2.79. The molecule has 3 rings (SSSR count). The van der Waals surface area contributed by atoms with E-state index in [4.69, 9.17) is 0 Å². The predicted octanol–water partition coefficient (Wildman–Crippen LogP) is 5.30. The number of rotatable bonds is 2. The lowest BCUT2D eigenvalue weighted by Crippen LogP contribution is -2.26. The zero-order valence-electron chi connectivity index (χ0n) is 14.0. The van der Waals surface area contributed by atoms with Gasteiger partial charge in [0, 0.05) is 24.8 Å². The van der Waals surface area contributed by atoms with E-state index in [1.807, 2.05) is 0 Å². The largest absolute Gasteiger partial charge is 0.418 e. The molecule has 0 N–H and O–H groups in total. The fraction of sp³-hybridized carbons (Fsp3) is 0.222.